The quantitative estimate of drug-likeness (QED) is 0.127. The third-order valence-corrected chi connectivity index (χ3v) is 14.9. The van der Waals surface area contributed by atoms with Crippen LogP contribution in [0.4, 0.5) is 5.69 Å². The molecule has 4 aliphatic rings. The smallest absolute Gasteiger partial charge is 0.326 e. The molecule has 0 bridgehead atoms. The van der Waals surface area contributed by atoms with E-state index in [9.17, 15) is 14.2 Å². The number of pyridine rings is 1. The van der Waals surface area contributed by atoms with Crippen molar-refractivity contribution in [2.75, 3.05) is 25.3 Å². The number of nitrogens with zero attached hydrogens (tertiary/aromatic N) is 3. The Morgan fingerprint density at radius 3 is 1.82 bits per heavy atom. The largest absolute Gasteiger partial charge is 0.464 e. The van der Waals surface area contributed by atoms with Crippen LogP contribution in [-0.4, -0.2) is 63.2 Å². The molecule has 4 fully saturated rings. The van der Waals surface area contributed by atoms with Crippen molar-refractivity contribution in [3.63, 3.8) is 0 Å². The molecule has 13 heteroatoms. The molecule has 4 saturated carbocycles. The Morgan fingerprint density at radius 1 is 0.882 bits per heavy atom. The van der Waals surface area contributed by atoms with Gasteiger partial charge in [0.1, 0.15) is 22.9 Å². The van der Waals surface area contributed by atoms with Gasteiger partial charge in [-0.3, -0.25) is 14.2 Å². The van der Waals surface area contributed by atoms with E-state index in [1.165, 1.54) is 64.2 Å². The maximum atomic E-state index is 14.8. The Balaban J connectivity index is 1.08. The number of fused-ring (bicyclic) bond motifs is 1. The number of aromatic nitrogens is 3. The zero-order chi connectivity index (χ0) is 36.5. The van der Waals surface area contributed by atoms with E-state index in [0.717, 1.165) is 25.7 Å². The first-order chi connectivity index (χ1) is 24.1. The number of nitrogens with one attached hydrogen (secondary N) is 2. The summed E-state index contributed by atoms with van der Waals surface area (Å²) in [5, 5.41) is 6.13. The van der Waals surface area contributed by atoms with Gasteiger partial charge in [-0.25, -0.2) is 20.1 Å². The summed E-state index contributed by atoms with van der Waals surface area (Å²) < 4.78 is 34.6. The summed E-state index contributed by atoms with van der Waals surface area (Å²) in [7, 11) is -3.79. The number of carbonyl (C=O) groups excluding carboxylic acids is 2. The van der Waals surface area contributed by atoms with Crippen LogP contribution in [0.15, 0.2) is 18.6 Å². The minimum absolute atomic E-state index is 0.292. The molecular weight excluding hydrogens is 667 g/mol. The highest BCUT2D eigenvalue weighted by Gasteiger charge is 2.45. The van der Waals surface area contributed by atoms with E-state index in [2.05, 4.69) is 20.1 Å². The summed E-state index contributed by atoms with van der Waals surface area (Å²) in [4.78, 5) is 35.9. The Labute approximate surface area is 303 Å². The number of ether oxygens (including phenoxy) is 3. The van der Waals surface area contributed by atoms with Gasteiger partial charge in [-0.05, 0) is 140 Å². The molecule has 0 radical (unpaired) electrons. The molecule has 284 valence electrons. The third kappa shape index (κ3) is 8.99. The highest BCUT2D eigenvalue weighted by molar-refractivity contribution is 7.59. The number of nitrogens with two attached hydrogens (primary N) is 1. The van der Waals surface area contributed by atoms with Crippen molar-refractivity contribution in [3.8, 4) is 0 Å². The lowest BCUT2D eigenvalue weighted by Gasteiger charge is -2.47. The van der Waals surface area contributed by atoms with Gasteiger partial charge in [-0.2, -0.15) is 0 Å². The Hall–Kier alpha value is -2.53. The molecule has 2 aromatic rings. The molecule has 4 N–H and O–H groups in total. The van der Waals surface area contributed by atoms with Gasteiger partial charge in [0.15, 0.2) is 5.65 Å². The molecule has 12 nitrogen and oxygen atoms in total. The summed E-state index contributed by atoms with van der Waals surface area (Å²) in [5.74, 6) is -0.299. The number of nitrogen functional groups attached to an aromatic ring is 1. The van der Waals surface area contributed by atoms with Gasteiger partial charge in [0.05, 0.1) is 37.9 Å². The molecule has 0 aliphatic heterocycles. The summed E-state index contributed by atoms with van der Waals surface area (Å²) in [6.45, 7) is 9.57. The van der Waals surface area contributed by atoms with Crippen LogP contribution in [0.25, 0.3) is 11.2 Å². The van der Waals surface area contributed by atoms with Gasteiger partial charge in [0.2, 0.25) is 7.44 Å². The van der Waals surface area contributed by atoms with Crippen molar-refractivity contribution in [2.45, 2.75) is 148 Å². The molecule has 4 aliphatic carbocycles. The van der Waals surface area contributed by atoms with Gasteiger partial charge in [0, 0.05) is 6.20 Å². The second-order valence-electron chi connectivity index (χ2n) is 17.6. The average molecular weight is 729 g/mol. The van der Waals surface area contributed by atoms with Crippen LogP contribution >= 0.6 is 7.44 Å². The van der Waals surface area contributed by atoms with Crippen LogP contribution < -0.4 is 15.9 Å². The summed E-state index contributed by atoms with van der Waals surface area (Å²) in [6, 6.07) is 1.70. The van der Waals surface area contributed by atoms with Crippen molar-refractivity contribution < 1.29 is 28.4 Å². The molecule has 2 heterocycles. The lowest BCUT2D eigenvalue weighted by molar-refractivity contribution is -0.152. The Bertz CT molecular complexity index is 1510. The number of anilines is 1. The first kappa shape index (κ1) is 38.2. The maximum absolute atomic E-state index is 14.8. The summed E-state index contributed by atoms with van der Waals surface area (Å²) in [5.41, 5.74) is 6.24. The topological polar surface area (TPSA) is 160 Å². The SMILES string of the molecule is C[C@H](Cn1cnc2c(N)ccnc21)OCP(=O)(NC(C)(C)C(=O)OCC1CCC2(CCC2)CC1)NC(C)(C)C(=O)OCC1CCC2(CCC2)CC1. The number of hydrogen-bond donors (Lipinski definition) is 3. The second kappa shape index (κ2) is 15.1. The number of hydrogen-bond acceptors (Lipinski definition) is 9. The lowest BCUT2D eigenvalue weighted by Crippen LogP contribution is -2.54. The van der Waals surface area contributed by atoms with Crippen LogP contribution in [0, 0.1) is 22.7 Å². The lowest BCUT2D eigenvalue weighted by atomic mass is 9.59. The van der Waals surface area contributed by atoms with E-state index in [0.29, 0.717) is 59.3 Å². The fourth-order valence-electron chi connectivity index (χ4n) is 8.78. The average Bonchev–Trinajstić information content (AvgIpc) is 3.47. The van der Waals surface area contributed by atoms with E-state index in [-0.39, 0.29) is 6.35 Å². The number of rotatable bonds is 15. The standard InChI is InChI=1S/C38H61N6O6P/c1-27(22-44-25-41-31-30(39)12-21-40-32(31)44)50-26-51(47,42-35(2,3)33(45)48-23-28-8-17-37(18-9-28)13-6-14-37)43-36(4,5)34(46)49-24-29-10-19-38(20-11-29)15-7-16-38/h12,21,25,27-29H,6-11,13-20,22-24,26H2,1-5H3,(H2,39,40)(H2,42,43,47)/t27-/m1/s1. The molecule has 1 atom stereocenters. The van der Waals surface area contributed by atoms with E-state index < -0.39 is 36.6 Å². The van der Waals surface area contributed by atoms with Crippen molar-refractivity contribution in [1.29, 1.82) is 0 Å². The van der Waals surface area contributed by atoms with Gasteiger partial charge >= 0.3 is 11.9 Å². The minimum Gasteiger partial charge on any atom is -0.464 e. The Kier molecular flexibility index (Phi) is 11.3. The van der Waals surface area contributed by atoms with E-state index in [1.807, 2.05) is 11.5 Å². The zero-order valence-electron chi connectivity index (χ0n) is 31.5. The molecule has 0 aromatic carbocycles. The number of esters is 2. The third-order valence-electron chi connectivity index (χ3n) is 12.5. The normalized spacial score (nSPS) is 23.7. The van der Waals surface area contributed by atoms with E-state index in [4.69, 9.17) is 19.9 Å². The van der Waals surface area contributed by atoms with Gasteiger partial charge in [-0.1, -0.05) is 12.8 Å². The summed E-state index contributed by atoms with van der Waals surface area (Å²) >= 11 is 0. The monoisotopic (exact) mass is 728 g/mol. The fourth-order valence-corrected chi connectivity index (χ4v) is 11.4. The predicted octanol–water partition coefficient (Wildman–Crippen LogP) is 7.11. The maximum Gasteiger partial charge on any atom is 0.326 e. The first-order valence-electron chi connectivity index (χ1n) is 19.3. The Morgan fingerprint density at radius 2 is 1.37 bits per heavy atom. The van der Waals surface area contributed by atoms with Crippen LogP contribution in [0.3, 0.4) is 0 Å². The van der Waals surface area contributed by atoms with E-state index in [1.54, 1.807) is 46.3 Å². The van der Waals surface area contributed by atoms with Crippen LogP contribution in [0.1, 0.15) is 125 Å². The molecule has 6 rings (SSSR count). The molecule has 2 aromatic heterocycles. The van der Waals surface area contributed by atoms with Crippen LogP contribution in [0.5, 0.6) is 0 Å². The van der Waals surface area contributed by atoms with Gasteiger partial charge < -0.3 is 24.5 Å². The van der Waals surface area contributed by atoms with Crippen molar-refractivity contribution in [3.05, 3.63) is 18.6 Å². The van der Waals surface area contributed by atoms with Crippen molar-refractivity contribution in [1.82, 2.24) is 24.7 Å². The summed E-state index contributed by atoms with van der Waals surface area (Å²) in [6.07, 6.45) is 19.6. The van der Waals surface area contributed by atoms with Crippen molar-refractivity contribution in [2.24, 2.45) is 22.7 Å². The van der Waals surface area contributed by atoms with Crippen LogP contribution in [0.2, 0.25) is 0 Å². The molecule has 0 amide bonds. The fraction of sp³-hybridized carbons (Fsp3) is 0.789. The second-order valence-corrected chi connectivity index (χ2v) is 19.8. The molecule has 0 saturated heterocycles. The minimum atomic E-state index is -3.79. The zero-order valence-corrected chi connectivity index (χ0v) is 32.4. The predicted molar refractivity (Wildman–Crippen MR) is 198 cm³/mol. The highest BCUT2D eigenvalue weighted by Crippen LogP contribution is 2.53. The van der Waals surface area contributed by atoms with Gasteiger partial charge in [-0.15, -0.1) is 0 Å². The molecule has 51 heavy (non-hydrogen) atoms. The molecular formula is C38H61N6O6P. The van der Waals surface area contributed by atoms with E-state index >= 15 is 0 Å². The van der Waals surface area contributed by atoms with Crippen LogP contribution in [-0.2, 0) is 34.9 Å². The molecule has 0 unspecified atom stereocenters. The number of imidazole rings is 1. The first-order valence-corrected chi connectivity index (χ1v) is 21.2. The highest BCUT2D eigenvalue weighted by atomic mass is 31.2. The van der Waals surface area contributed by atoms with Crippen molar-refractivity contribution >= 4 is 36.2 Å². The number of carbonyl (C=O) groups is 2. The van der Waals surface area contributed by atoms with Gasteiger partial charge in [0.25, 0.3) is 0 Å². The molecule has 2 spiro atoms.